The maximum absolute atomic E-state index is 12.1. The second-order valence-electron chi connectivity index (χ2n) is 5.55. The summed E-state index contributed by atoms with van der Waals surface area (Å²) >= 11 is 0. The lowest BCUT2D eigenvalue weighted by molar-refractivity contribution is -0.116. The quantitative estimate of drug-likeness (QED) is 0.878. The summed E-state index contributed by atoms with van der Waals surface area (Å²) in [6.45, 7) is 3.99. The van der Waals surface area contributed by atoms with E-state index >= 15 is 0 Å². The topological polar surface area (TPSA) is 58.2 Å². The standard InChI is InChI=1S/C18H20N2O2/c1-13(2)11-17(21)19-15-9-6-10-16(12-15)20-18(22)14-7-4-3-5-8-14/h3-10,12-13H,11H2,1-2H3,(H,19,21)(H,20,22). The van der Waals surface area contributed by atoms with Gasteiger partial charge in [-0.2, -0.15) is 0 Å². The van der Waals surface area contributed by atoms with Crippen LogP contribution in [0.15, 0.2) is 54.6 Å². The Labute approximate surface area is 130 Å². The maximum Gasteiger partial charge on any atom is 0.255 e. The Bertz CT molecular complexity index is 651. The Balaban J connectivity index is 2.02. The zero-order chi connectivity index (χ0) is 15.9. The lowest BCUT2D eigenvalue weighted by Crippen LogP contribution is -2.15. The first kappa shape index (κ1) is 15.8. The van der Waals surface area contributed by atoms with Gasteiger partial charge in [-0.1, -0.05) is 38.1 Å². The van der Waals surface area contributed by atoms with Crippen LogP contribution in [0.3, 0.4) is 0 Å². The van der Waals surface area contributed by atoms with Gasteiger partial charge in [-0.3, -0.25) is 9.59 Å². The minimum absolute atomic E-state index is 0.0264. The van der Waals surface area contributed by atoms with Crippen LogP contribution in [0.1, 0.15) is 30.6 Å². The molecule has 4 nitrogen and oxygen atoms in total. The molecular formula is C18H20N2O2. The van der Waals surface area contributed by atoms with Crippen LogP contribution in [-0.4, -0.2) is 11.8 Å². The molecule has 2 aromatic rings. The molecule has 0 aliphatic carbocycles. The van der Waals surface area contributed by atoms with Gasteiger partial charge >= 0.3 is 0 Å². The van der Waals surface area contributed by atoms with Gasteiger partial charge in [0.05, 0.1) is 0 Å². The lowest BCUT2D eigenvalue weighted by Gasteiger charge is -2.10. The predicted molar refractivity (Wildman–Crippen MR) is 88.9 cm³/mol. The zero-order valence-electron chi connectivity index (χ0n) is 12.8. The van der Waals surface area contributed by atoms with E-state index in [0.29, 0.717) is 29.3 Å². The fraction of sp³-hybridized carbons (Fsp3) is 0.222. The highest BCUT2D eigenvalue weighted by Gasteiger charge is 2.08. The van der Waals surface area contributed by atoms with Crippen molar-refractivity contribution in [2.24, 2.45) is 5.92 Å². The summed E-state index contributed by atoms with van der Waals surface area (Å²) in [6.07, 6.45) is 0.473. The van der Waals surface area contributed by atoms with Crippen molar-refractivity contribution in [3.63, 3.8) is 0 Å². The highest BCUT2D eigenvalue weighted by atomic mass is 16.2. The summed E-state index contributed by atoms with van der Waals surface area (Å²) in [6, 6.07) is 16.1. The number of hydrogen-bond donors (Lipinski definition) is 2. The maximum atomic E-state index is 12.1. The van der Waals surface area contributed by atoms with Crippen molar-refractivity contribution >= 4 is 23.2 Å². The van der Waals surface area contributed by atoms with E-state index in [9.17, 15) is 9.59 Å². The lowest BCUT2D eigenvalue weighted by atomic mass is 10.1. The van der Waals surface area contributed by atoms with Crippen LogP contribution in [0.25, 0.3) is 0 Å². The van der Waals surface area contributed by atoms with E-state index in [1.807, 2.05) is 32.0 Å². The second kappa shape index (κ2) is 7.41. The summed E-state index contributed by atoms with van der Waals surface area (Å²) in [5.74, 6) is 0.105. The van der Waals surface area contributed by atoms with E-state index in [2.05, 4.69) is 10.6 Å². The van der Waals surface area contributed by atoms with Crippen LogP contribution in [0.4, 0.5) is 11.4 Å². The van der Waals surface area contributed by atoms with Crippen molar-refractivity contribution in [2.45, 2.75) is 20.3 Å². The van der Waals surface area contributed by atoms with Gasteiger partial charge in [0.2, 0.25) is 5.91 Å². The third-order valence-corrected chi connectivity index (χ3v) is 3.03. The van der Waals surface area contributed by atoms with Crippen molar-refractivity contribution in [1.82, 2.24) is 0 Å². The monoisotopic (exact) mass is 296 g/mol. The number of carbonyl (C=O) groups is 2. The molecule has 2 amide bonds. The molecule has 0 radical (unpaired) electrons. The van der Waals surface area contributed by atoms with Crippen molar-refractivity contribution in [1.29, 1.82) is 0 Å². The Morgan fingerprint density at radius 2 is 1.55 bits per heavy atom. The molecular weight excluding hydrogens is 276 g/mol. The molecule has 114 valence electrons. The molecule has 22 heavy (non-hydrogen) atoms. The first-order valence-corrected chi connectivity index (χ1v) is 7.31. The average molecular weight is 296 g/mol. The van der Waals surface area contributed by atoms with Crippen LogP contribution >= 0.6 is 0 Å². The summed E-state index contributed by atoms with van der Waals surface area (Å²) in [7, 11) is 0. The molecule has 0 atom stereocenters. The van der Waals surface area contributed by atoms with Gasteiger partial charge in [0.25, 0.3) is 5.91 Å². The molecule has 0 unspecified atom stereocenters. The first-order valence-electron chi connectivity index (χ1n) is 7.31. The largest absolute Gasteiger partial charge is 0.326 e. The molecule has 0 heterocycles. The molecule has 2 rings (SSSR count). The molecule has 0 saturated heterocycles. The third kappa shape index (κ3) is 4.74. The molecule has 0 saturated carbocycles. The number of anilines is 2. The molecule has 0 fully saturated rings. The van der Waals surface area contributed by atoms with E-state index in [-0.39, 0.29) is 11.8 Å². The van der Waals surface area contributed by atoms with E-state index < -0.39 is 0 Å². The van der Waals surface area contributed by atoms with Gasteiger partial charge in [0, 0.05) is 23.4 Å². The molecule has 4 heteroatoms. The predicted octanol–water partition coefficient (Wildman–Crippen LogP) is 3.92. The highest BCUT2D eigenvalue weighted by molar-refractivity contribution is 6.04. The zero-order valence-corrected chi connectivity index (χ0v) is 12.8. The van der Waals surface area contributed by atoms with Gasteiger partial charge in [-0.05, 0) is 36.2 Å². The van der Waals surface area contributed by atoms with Crippen LogP contribution in [0.2, 0.25) is 0 Å². The van der Waals surface area contributed by atoms with Crippen molar-refractivity contribution < 1.29 is 9.59 Å². The fourth-order valence-electron chi connectivity index (χ4n) is 2.05. The minimum Gasteiger partial charge on any atom is -0.326 e. The highest BCUT2D eigenvalue weighted by Crippen LogP contribution is 2.17. The Morgan fingerprint density at radius 1 is 0.909 bits per heavy atom. The molecule has 0 aliphatic heterocycles. The smallest absolute Gasteiger partial charge is 0.255 e. The number of carbonyl (C=O) groups excluding carboxylic acids is 2. The average Bonchev–Trinajstić information content (AvgIpc) is 2.47. The van der Waals surface area contributed by atoms with Crippen LogP contribution in [0, 0.1) is 5.92 Å². The van der Waals surface area contributed by atoms with E-state index in [1.54, 1.807) is 36.4 Å². The third-order valence-electron chi connectivity index (χ3n) is 3.03. The van der Waals surface area contributed by atoms with Gasteiger partial charge in [0.15, 0.2) is 0 Å². The number of rotatable bonds is 5. The van der Waals surface area contributed by atoms with E-state index in [4.69, 9.17) is 0 Å². The van der Waals surface area contributed by atoms with Crippen molar-refractivity contribution in [3.05, 3.63) is 60.2 Å². The number of amides is 2. The summed E-state index contributed by atoms with van der Waals surface area (Å²) < 4.78 is 0. The summed E-state index contributed by atoms with van der Waals surface area (Å²) in [5, 5.41) is 5.66. The second-order valence-corrected chi connectivity index (χ2v) is 5.55. The Morgan fingerprint density at radius 3 is 2.18 bits per heavy atom. The summed E-state index contributed by atoms with van der Waals surface area (Å²) in [4.78, 5) is 23.9. The van der Waals surface area contributed by atoms with E-state index in [1.165, 1.54) is 0 Å². The van der Waals surface area contributed by atoms with Gasteiger partial charge < -0.3 is 10.6 Å². The van der Waals surface area contributed by atoms with Crippen molar-refractivity contribution in [2.75, 3.05) is 10.6 Å². The van der Waals surface area contributed by atoms with Crippen LogP contribution < -0.4 is 10.6 Å². The molecule has 0 bridgehead atoms. The normalized spacial score (nSPS) is 10.3. The fourth-order valence-corrected chi connectivity index (χ4v) is 2.05. The van der Waals surface area contributed by atoms with Crippen molar-refractivity contribution in [3.8, 4) is 0 Å². The molecule has 0 aromatic heterocycles. The number of nitrogens with one attached hydrogen (secondary N) is 2. The van der Waals surface area contributed by atoms with E-state index in [0.717, 1.165) is 0 Å². The Kier molecular flexibility index (Phi) is 5.31. The Hall–Kier alpha value is -2.62. The number of hydrogen-bond acceptors (Lipinski definition) is 2. The minimum atomic E-state index is -0.175. The van der Waals surface area contributed by atoms with Crippen LogP contribution in [-0.2, 0) is 4.79 Å². The first-order chi connectivity index (χ1) is 10.5. The number of benzene rings is 2. The molecule has 2 aromatic carbocycles. The van der Waals surface area contributed by atoms with Gasteiger partial charge in [-0.15, -0.1) is 0 Å². The molecule has 2 N–H and O–H groups in total. The van der Waals surface area contributed by atoms with Gasteiger partial charge in [-0.25, -0.2) is 0 Å². The molecule has 0 spiro atoms. The SMILES string of the molecule is CC(C)CC(=O)Nc1cccc(NC(=O)c2ccccc2)c1. The molecule has 0 aliphatic rings. The summed E-state index contributed by atoms with van der Waals surface area (Å²) in [5.41, 5.74) is 1.92. The van der Waals surface area contributed by atoms with Gasteiger partial charge in [0.1, 0.15) is 0 Å². The van der Waals surface area contributed by atoms with Crippen LogP contribution in [0.5, 0.6) is 0 Å².